The molecule has 3 heterocycles. The van der Waals surface area contributed by atoms with Gasteiger partial charge in [-0.2, -0.15) is 10.1 Å². The summed E-state index contributed by atoms with van der Waals surface area (Å²) in [4.78, 5) is 20.6. The zero-order chi connectivity index (χ0) is 21.4. The Hall–Kier alpha value is -3.47. The van der Waals surface area contributed by atoms with Crippen LogP contribution < -0.4 is 9.91 Å². The number of anilines is 2. The van der Waals surface area contributed by atoms with Crippen LogP contribution in [0.3, 0.4) is 0 Å². The number of aromatic nitrogens is 1. The Morgan fingerprint density at radius 2 is 1.71 bits per heavy atom. The molecule has 0 aliphatic carbocycles. The van der Waals surface area contributed by atoms with E-state index in [2.05, 4.69) is 41.2 Å². The number of aryl methyl sites for hydroxylation is 1. The number of piperidine rings is 1. The Kier molecular flexibility index (Phi) is 5.02. The second-order valence-corrected chi connectivity index (χ2v) is 8.34. The van der Waals surface area contributed by atoms with Gasteiger partial charge in [-0.1, -0.05) is 30.3 Å². The van der Waals surface area contributed by atoms with Crippen molar-refractivity contribution in [2.45, 2.75) is 33.1 Å². The fraction of sp³-hybridized carbons (Fsp3) is 0.269. The predicted octanol–water partition coefficient (Wildman–Crippen LogP) is 5.34. The summed E-state index contributed by atoms with van der Waals surface area (Å²) in [6.45, 7) is 5.98. The lowest BCUT2D eigenvalue weighted by atomic mass is 10.0. The predicted molar refractivity (Wildman–Crippen MR) is 128 cm³/mol. The van der Waals surface area contributed by atoms with Gasteiger partial charge in [-0.25, -0.2) is 4.98 Å². The van der Waals surface area contributed by atoms with Gasteiger partial charge in [-0.3, -0.25) is 4.79 Å². The minimum Gasteiger partial charge on any atom is -0.356 e. The van der Waals surface area contributed by atoms with Crippen molar-refractivity contribution in [3.63, 3.8) is 0 Å². The average molecular weight is 411 g/mol. The van der Waals surface area contributed by atoms with Crippen LogP contribution in [0.1, 0.15) is 37.3 Å². The zero-order valence-corrected chi connectivity index (χ0v) is 18.0. The van der Waals surface area contributed by atoms with Gasteiger partial charge in [-0.15, -0.1) is 0 Å². The number of benzene rings is 2. The Bertz CT molecular complexity index is 1210. The summed E-state index contributed by atoms with van der Waals surface area (Å²) in [5.41, 5.74) is 5.29. The minimum atomic E-state index is -0.0997. The second-order valence-electron chi connectivity index (χ2n) is 8.34. The lowest BCUT2D eigenvalue weighted by Gasteiger charge is -2.29. The van der Waals surface area contributed by atoms with E-state index in [0.717, 1.165) is 46.8 Å². The SMILES string of the molecule is CC1=NN(c2ccccc2)C(=O)/C1=C\c1cc2ccc(C)cc2nc1N1CCCCC1. The van der Waals surface area contributed by atoms with Gasteiger partial charge in [0, 0.05) is 24.0 Å². The van der Waals surface area contributed by atoms with Crippen LogP contribution in [0.15, 0.2) is 65.3 Å². The van der Waals surface area contributed by atoms with Crippen LogP contribution in [-0.4, -0.2) is 29.7 Å². The number of hydrogen-bond donors (Lipinski definition) is 0. The van der Waals surface area contributed by atoms with E-state index in [9.17, 15) is 4.79 Å². The number of para-hydroxylation sites is 1. The Balaban J connectivity index is 1.60. The number of hydrogen-bond acceptors (Lipinski definition) is 4. The molecule has 0 N–H and O–H groups in total. The van der Waals surface area contributed by atoms with Crippen molar-refractivity contribution in [2.24, 2.45) is 5.10 Å². The molecule has 3 aromatic rings. The largest absolute Gasteiger partial charge is 0.356 e. The molecule has 0 radical (unpaired) electrons. The third-order valence-electron chi connectivity index (χ3n) is 6.00. The Labute approximate surface area is 182 Å². The molecule has 5 heteroatoms. The maximum atomic E-state index is 13.2. The van der Waals surface area contributed by atoms with E-state index < -0.39 is 0 Å². The molecule has 1 aromatic heterocycles. The zero-order valence-electron chi connectivity index (χ0n) is 18.0. The lowest BCUT2D eigenvalue weighted by Crippen LogP contribution is -2.31. The van der Waals surface area contributed by atoms with Crippen LogP contribution in [0, 0.1) is 6.92 Å². The van der Waals surface area contributed by atoms with E-state index in [4.69, 9.17) is 4.98 Å². The molecule has 5 rings (SSSR count). The van der Waals surface area contributed by atoms with Crippen molar-refractivity contribution in [3.8, 4) is 0 Å². The van der Waals surface area contributed by atoms with E-state index in [0.29, 0.717) is 5.57 Å². The summed E-state index contributed by atoms with van der Waals surface area (Å²) in [6, 6.07) is 18.1. The van der Waals surface area contributed by atoms with Crippen molar-refractivity contribution >= 4 is 40.1 Å². The van der Waals surface area contributed by atoms with Crippen LogP contribution in [0.2, 0.25) is 0 Å². The van der Waals surface area contributed by atoms with Crippen molar-refractivity contribution in [1.29, 1.82) is 0 Å². The van der Waals surface area contributed by atoms with Gasteiger partial charge in [-0.05, 0) is 69.0 Å². The van der Waals surface area contributed by atoms with Gasteiger partial charge in [0.2, 0.25) is 0 Å². The lowest BCUT2D eigenvalue weighted by molar-refractivity contribution is -0.114. The smallest absolute Gasteiger partial charge is 0.280 e. The summed E-state index contributed by atoms with van der Waals surface area (Å²) in [7, 11) is 0. The molecule has 0 atom stereocenters. The molecule has 1 saturated heterocycles. The van der Waals surface area contributed by atoms with E-state index in [-0.39, 0.29) is 5.91 Å². The summed E-state index contributed by atoms with van der Waals surface area (Å²) < 4.78 is 0. The van der Waals surface area contributed by atoms with Gasteiger partial charge in [0.1, 0.15) is 5.82 Å². The maximum Gasteiger partial charge on any atom is 0.280 e. The molecule has 0 unspecified atom stereocenters. The molecule has 156 valence electrons. The Morgan fingerprint density at radius 1 is 0.935 bits per heavy atom. The van der Waals surface area contributed by atoms with E-state index in [1.165, 1.54) is 29.8 Å². The number of amides is 1. The molecule has 1 amide bonds. The van der Waals surface area contributed by atoms with Crippen LogP contribution in [-0.2, 0) is 4.79 Å². The minimum absolute atomic E-state index is 0.0997. The molecule has 2 aliphatic heterocycles. The van der Waals surface area contributed by atoms with E-state index in [1.807, 2.05) is 43.3 Å². The number of pyridine rings is 1. The maximum absolute atomic E-state index is 13.2. The third-order valence-corrected chi connectivity index (χ3v) is 6.00. The molecule has 31 heavy (non-hydrogen) atoms. The first-order valence-corrected chi connectivity index (χ1v) is 10.9. The number of carbonyl (C=O) groups is 1. The summed E-state index contributed by atoms with van der Waals surface area (Å²) >= 11 is 0. The topological polar surface area (TPSA) is 48.8 Å². The molecule has 0 saturated carbocycles. The van der Waals surface area contributed by atoms with Gasteiger partial charge >= 0.3 is 0 Å². The molecule has 1 fully saturated rings. The van der Waals surface area contributed by atoms with Crippen LogP contribution >= 0.6 is 0 Å². The van der Waals surface area contributed by atoms with E-state index >= 15 is 0 Å². The van der Waals surface area contributed by atoms with Crippen molar-refractivity contribution in [3.05, 3.63) is 71.3 Å². The summed E-state index contributed by atoms with van der Waals surface area (Å²) in [5, 5.41) is 7.10. The normalized spacial score (nSPS) is 18.2. The highest BCUT2D eigenvalue weighted by molar-refractivity contribution is 6.32. The highest BCUT2D eigenvalue weighted by Crippen LogP contribution is 2.31. The molecule has 0 bridgehead atoms. The third kappa shape index (κ3) is 3.72. The van der Waals surface area contributed by atoms with Gasteiger partial charge in [0.15, 0.2) is 0 Å². The standard InChI is InChI=1S/C26H26N4O/c1-18-11-12-20-16-21(25(27-24(20)15-18)29-13-7-4-8-14-29)17-23-19(2)28-30(26(23)31)22-9-5-3-6-10-22/h3,5-6,9-12,15-17H,4,7-8,13-14H2,1-2H3/b23-17-. The monoisotopic (exact) mass is 410 g/mol. The highest BCUT2D eigenvalue weighted by Gasteiger charge is 2.29. The molecule has 5 nitrogen and oxygen atoms in total. The number of rotatable bonds is 3. The Morgan fingerprint density at radius 3 is 2.48 bits per heavy atom. The summed E-state index contributed by atoms with van der Waals surface area (Å²) in [6.07, 6.45) is 5.58. The number of carbonyl (C=O) groups excluding carboxylic acids is 1. The first-order chi connectivity index (χ1) is 15.1. The van der Waals surface area contributed by atoms with E-state index in [1.54, 1.807) is 0 Å². The fourth-order valence-corrected chi connectivity index (χ4v) is 4.33. The number of hydrazone groups is 1. The fourth-order valence-electron chi connectivity index (χ4n) is 4.33. The van der Waals surface area contributed by atoms with Crippen LogP contribution in [0.5, 0.6) is 0 Å². The van der Waals surface area contributed by atoms with Gasteiger partial charge in [0.05, 0.1) is 22.5 Å². The molecular weight excluding hydrogens is 384 g/mol. The van der Waals surface area contributed by atoms with Gasteiger partial charge in [0.25, 0.3) is 5.91 Å². The second kappa shape index (κ2) is 7.99. The molecular formula is C26H26N4O. The summed E-state index contributed by atoms with van der Waals surface area (Å²) in [5.74, 6) is 0.862. The van der Waals surface area contributed by atoms with Crippen LogP contribution in [0.25, 0.3) is 17.0 Å². The van der Waals surface area contributed by atoms with Crippen molar-refractivity contribution < 1.29 is 4.79 Å². The van der Waals surface area contributed by atoms with Crippen LogP contribution in [0.4, 0.5) is 11.5 Å². The molecule has 2 aromatic carbocycles. The highest BCUT2D eigenvalue weighted by atomic mass is 16.2. The van der Waals surface area contributed by atoms with Crippen molar-refractivity contribution in [2.75, 3.05) is 23.0 Å². The number of fused-ring (bicyclic) bond motifs is 1. The first kappa shape index (κ1) is 19.5. The molecule has 0 spiro atoms. The van der Waals surface area contributed by atoms with Crippen molar-refractivity contribution in [1.82, 2.24) is 4.98 Å². The average Bonchev–Trinajstić information content (AvgIpc) is 3.08. The molecule has 2 aliphatic rings. The quantitative estimate of drug-likeness (QED) is 0.548. The van der Waals surface area contributed by atoms with Gasteiger partial charge < -0.3 is 4.90 Å². The first-order valence-electron chi connectivity index (χ1n) is 10.9. The number of nitrogens with zero attached hydrogens (tertiary/aromatic N) is 4.